The number of nitrogens with one attached hydrogen (secondary N) is 2. The quantitative estimate of drug-likeness (QED) is 0.743. The fraction of sp³-hybridized carbons (Fsp3) is 0.500. The van der Waals surface area contributed by atoms with E-state index in [1.165, 1.54) is 0 Å². The predicted octanol–water partition coefficient (Wildman–Crippen LogP) is -0.836. The summed E-state index contributed by atoms with van der Waals surface area (Å²) in [5, 5.41) is 10.6. The molecule has 1 saturated carbocycles. The highest BCUT2D eigenvalue weighted by molar-refractivity contribution is 7.88. The maximum Gasteiger partial charge on any atom is 0.251 e. The number of sulfonamides is 1. The van der Waals surface area contributed by atoms with Gasteiger partial charge in [-0.05, 0) is 18.6 Å². The van der Waals surface area contributed by atoms with Crippen LogP contribution in [0.15, 0.2) is 24.7 Å². The van der Waals surface area contributed by atoms with Crippen molar-refractivity contribution < 1.29 is 17.9 Å². The lowest BCUT2D eigenvalue weighted by Gasteiger charge is -2.47. The van der Waals surface area contributed by atoms with E-state index in [1.807, 2.05) is 0 Å². The molecule has 4 rings (SSSR count). The summed E-state index contributed by atoms with van der Waals surface area (Å²) >= 11 is 0. The Bertz CT molecular complexity index is 895. The molecule has 3 heterocycles. The van der Waals surface area contributed by atoms with Crippen LogP contribution >= 0.6 is 0 Å². The minimum absolute atomic E-state index is 0.130. The van der Waals surface area contributed by atoms with Gasteiger partial charge in [-0.2, -0.15) is 0 Å². The molecule has 1 aliphatic carbocycles. The van der Waals surface area contributed by atoms with Crippen molar-refractivity contribution in [1.29, 1.82) is 0 Å². The van der Waals surface area contributed by atoms with Gasteiger partial charge in [-0.25, -0.2) is 13.1 Å². The summed E-state index contributed by atoms with van der Waals surface area (Å²) in [6.07, 6.45) is 4.99. The average Bonchev–Trinajstić information content (AvgIpc) is 3.15. The number of fused-ring (bicyclic) bond motifs is 2. The molecular formula is C14H17N5O4S. The zero-order chi connectivity index (χ0) is 16.9. The molecule has 9 nitrogen and oxygen atoms in total. The molecule has 1 saturated heterocycles. The fourth-order valence-electron chi connectivity index (χ4n) is 3.48. The molecule has 2 aliphatic rings. The van der Waals surface area contributed by atoms with Crippen molar-refractivity contribution in [1.82, 2.24) is 24.6 Å². The molecule has 2 aromatic rings. The number of hydrogen-bond acceptors (Lipinski definition) is 6. The molecule has 1 aliphatic heterocycles. The summed E-state index contributed by atoms with van der Waals surface area (Å²) < 4.78 is 32.9. The van der Waals surface area contributed by atoms with E-state index in [2.05, 4.69) is 20.2 Å². The number of carbonyl (C=O) groups is 1. The Morgan fingerprint density at radius 1 is 1.42 bits per heavy atom. The third kappa shape index (κ3) is 2.66. The molecule has 2 N–H and O–H groups in total. The SMILES string of the molecule is CS(=O)(=O)N[C@H]1[C@H](NC(=O)c2ccn3cnnc3c2)[C@@H]2CCO[C@@H]21. The van der Waals surface area contributed by atoms with Gasteiger partial charge in [-0.3, -0.25) is 9.20 Å². The van der Waals surface area contributed by atoms with E-state index >= 15 is 0 Å². The van der Waals surface area contributed by atoms with Crippen LogP contribution in [0.4, 0.5) is 0 Å². The van der Waals surface area contributed by atoms with Gasteiger partial charge in [0.15, 0.2) is 5.65 Å². The van der Waals surface area contributed by atoms with Crippen molar-refractivity contribution in [3.63, 3.8) is 0 Å². The molecule has 0 radical (unpaired) electrons. The topological polar surface area (TPSA) is 115 Å². The number of rotatable bonds is 4. The highest BCUT2D eigenvalue weighted by Gasteiger charge is 2.55. The molecule has 0 bridgehead atoms. The van der Waals surface area contributed by atoms with Gasteiger partial charge in [0.1, 0.15) is 6.33 Å². The minimum Gasteiger partial charge on any atom is -0.376 e. The first kappa shape index (κ1) is 15.5. The Morgan fingerprint density at radius 2 is 2.25 bits per heavy atom. The van der Waals surface area contributed by atoms with E-state index in [4.69, 9.17) is 4.74 Å². The number of hydrogen-bond donors (Lipinski definition) is 2. The largest absolute Gasteiger partial charge is 0.376 e. The van der Waals surface area contributed by atoms with Crippen LogP contribution in [0, 0.1) is 5.92 Å². The van der Waals surface area contributed by atoms with Gasteiger partial charge in [0.25, 0.3) is 5.91 Å². The third-order valence-electron chi connectivity index (χ3n) is 4.60. The van der Waals surface area contributed by atoms with Crippen LogP contribution in [0.1, 0.15) is 16.8 Å². The van der Waals surface area contributed by atoms with Crippen LogP contribution < -0.4 is 10.0 Å². The van der Waals surface area contributed by atoms with E-state index in [0.29, 0.717) is 17.8 Å². The summed E-state index contributed by atoms with van der Waals surface area (Å²) in [7, 11) is -3.38. The summed E-state index contributed by atoms with van der Waals surface area (Å²) in [5.41, 5.74) is 1.03. The van der Waals surface area contributed by atoms with E-state index in [0.717, 1.165) is 12.7 Å². The molecule has 2 fully saturated rings. The molecule has 0 spiro atoms. The first-order valence-corrected chi connectivity index (χ1v) is 9.51. The van der Waals surface area contributed by atoms with Crippen molar-refractivity contribution in [2.45, 2.75) is 24.6 Å². The zero-order valence-electron chi connectivity index (χ0n) is 12.9. The monoisotopic (exact) mass is 351 g/mol. The maximum absolute atomic E-state index is 12.5. The summed E-state index contributed by atoms with van der Waals surface area (Å²) in [4.78, 5) is 12.5. The Balaban J connectivity index is 1.53. The second kappa shape index (κ2) is 5.50. The second-order valence-electron chi connectivity index (χ2n) is 6.21. The molecule has 2 aromatic heterocycles. The van der Waals surface area contributed by atoms with Crippen LogP contribution in [0.5, 0.6) is 0 Å². The number of nitrogens with zero attached hydrogens (tertiary/aromatic N) is 3. The van der Waals surface area contributed by atoms with Crippen LogP contribution in [0.3, 0.4) is 0 Å². The van der Waals surface area contributed by atoms with Gasteiger partial charge in [0.2, 0.25) is 10.0 Å². The van der Waals surface area contributed by atoms with Crippen LogP contribution in [-0.4, -0.2) is 60.0 Å². The highest BCUT2D eigenvalue weighted by Crippen LogP contribution is 2.39. The lowest BCUT2D eigenvalue weighted by atomic mass is 9.72. The lowest BCUT2D eigenvalue weighted by molar-refractivity contribution is -0.0194. The zero-order valence-corrected chi connectivity index (χ0v) is 13.7. The first-order valence-electron chi connectivity index (χ1n) is 7.61. The van der Waals surface area contributed by atoms with Crippen LogP contribution in [0.25, 0.3) is 5.65 Å². The van der Waals surface area contributed by atoms with E-state index in [-0.39, 0.29) is 24.0 Å². The summed E-state index contributed by atoms with van der Waals surface area (Å²) in [6, 6.07) is 2.59. The predicted molar refractivity (Wildman–Crippen MR) is 83.9 cm³/mol. The number of ether oxygens (including phenoxy) is 1. The van der Waals surface area contributed by atoms with Crippen LogP contribution in [-0.2, 0) is 14.8 Å². The van der Waals surface area contributed by atoms with Gasteiger partial charge < -0.3 is 10.1 Å². The summed E-state index contributed by atoms with van der Waals surface area (Å²) in [6.45, 7) is 0.579. The molecule has 0 unspecified atom stereocenters. The lowest BCUT2D eigenvalue weighted by Crippen LogP contribution is -2.70. The smallest absolute Gasteiger partial charge is 0.251 e. The Morgan fingerprint density at radius 3 is 3.04 bits per heavy atom. The van der Waals surface area contributed by atoms with Gasteiger partial charge in [0, 0.05) is 24.3 Å². The number of carbonyl (C=O) groups excluding carboxylic acids is 1. The Hall–Kier alpha value is -2.04. The summed E-state index contributed by atoms with van der Waals surface area (Å²) in [5.74, 6) is -0.138. The van der Waals surface area contributed by atoms with Crippen molar-refractivity contribution in [2.75, 3.05) is 12.9 Å². The fourth-order valence-corrected chi connectivity index (χ4v) is 4.26. The standard InChI is InChI=1S/C14H17N5O4S/c1-24(21,22)18-12-11(9-3-5-23-13(9)12)16-14(20)8-2-4-19-7-15-17-10(19)6-8/h2,4,6-7,9,11-13,18H,3,5H2,1H3,(H,16,20)/t9-,11+,12-,13-/m0/s1. The molecule has 128 valence electrons. The van der Waals surface area contributed by atoms with Gasteiger partial charge in [0.05, 0.1) is 24.4 Å². The van der Waals surface area contributed by atoms with Gasteiger partial charge >= 0.3 is 0 Å². The number of pyridine rings is 1. The van der Waals surface area contributed by atoms with E-state index in [1.54, 1.807) is 29.1 Å². The molecular weight excluding hydrogens is 334 g/mol. The van der Waals surface area contributed by atoms with E-state index in [9.17, 15) is 13.2 Å². The third-order valence-corrected chi connectivity index (χ3v) is 5.30. The number of aromatic nitrogens is 3. The molecule has 4 atom stereocenters. The Kier molecular flexibility index (Phi) is 3.55. The van der Waals surface area contributed by atoms with Crippen LogP contribution in [0.2, 0.25) is 0 Å². The first-order chi connectivity index (χ1) is 11.4. The molecule has 24 heavy (non-hydrogen) atoms. The van der Waals surface area contributed by atoms with Crippen molar-refractivity contribution in [3.8, 4) is 0 Å². The van der Waals surface area contributed by atoms with Gasteiger partial charge in [-0.1, -0.05) is 0 Å². The molecule has 10 heteroatoms. The highest BCUT2D eigenvalue weighted by atomic mass is 32.2. The molecule has 1 amide bonds. The van der Waals surface area contributed by atoms with E-state index < -0.39 is 16.1 Å². The Labute approximate surface area is 138 Å². The minimum atomic E-state index is -3.38. The second-order valence-corrected chi connectivity index (χ2v) is 7.99. The van der Waals surface area contributed by atoms with Crippen molar-refractivity contribution in [3.05, 3.63) is 30.2 Å². The van der Waals surface area contributed by atoms with Crippen molar-refractivity contribution >= 4 is 21.6 Å². The van der Waals surface area contributed by atoms with Gasteiger partial charge in [-0.15, -0.1) is 10.2 Å². The average molecular weight is 351 g/mol. The normalized spacial score (nSPS) is 29.2. The maximum atomic E-state index is 12.5. The molecule has 0 aromatic carbocycles. The van der Waals surface area contributed by atoms with Crippen molar-refractivity contribution in [2.24, 2.45) is 5.92 Å². The number of amides is 1.